The van der Waals surface area contributed by atoms with Crippen molar-refractivity contribution in [2.24, 2.45) is 0 Å². The van der Waals surface area contributed by atoms with Crippen LogP contribution < -0.4 is 10.6 Å². The lowest BCUT2D eigenvalue weighted by atomic mass is 9.99. The summed E-state index contributed by atoms with van der Waals surface area (Å²) < 4.78 is 0. The molecule has 2 N–H and O–H groups in total. The van der Waals surface area contributed by atoms with Crippen molar-refractivity contribution in [1.82, 2.24) is 10.6 Å². The number of fused-ring (bicyclic) bond motifs is 1. The molecule has 102 valence electrons. The van der Waals surface area contributed by atoms with Crippen LogP contribution in [0.1, 0.15) is 24.9 Å². The van der Waals surface area contributed by atoms with Crippen LogP contribution in [0.2, 0.25) is 0 Å². The summed E-state index contributed by atoms with van der Waals surface area (Å²) in [5, 5.41) is 9.82. The Morgan fingerprint density at radius 3 is 2.74 bits per heavy atom. The average molecular weight is 277 g/mol. The smallest absolute Gasteiger partial charge is 0.0301 e. The van der Waals surface area contributed by atoms with Gasteiger partial charge in [0.15, 0.2) is 0 Å². The summed E-state index contributed by atoms with van der Waals surface area (Å²) in [4.78, 5) is 0. The number of nitrogens with one attached hydrogen (secondary N) is 2. The van der Waals surface area contributed by atoms with Gasteiger partial charge in [-0.2, -0.15) is 0 Å². The van der Waals surface area contributed by atoms with Crippen molar-refractivity contribution in [2.75, 3.05) is 13.1 Å². The van der Waals surface area contributed by atoms with Gasteiger partial charge in [-0.25, -0.2) is 0 Å². The molecule has 2 aromatic carbocycles. The van der Waals surface area contributed by atoms with Crippen molar-refractivity contribution in [3.05, 3.63) is 48.0 Å². The van der Waals surface area contributed by atoms with Crippen molar-refractivity contribution in [3.8, 4) is 0 Å². The maximum Gasteiger partial charge on any atom is 0.0301 e. The SMILES string of the molecule is C[C@@H](N[C@H]1CCNC1)c1cccc2ccccc12.Cl. The Balaban J connectivity index is 0.00000133. The van der Waals surface area contributed by atoms with Crippen molar-refractivity contribution in [3.63, 3.8) is 0 Å². The molecule has 1 fully saturated rings. The van der Waals surface area contributed by atoms with E-state index in [2.05, 4.69) is 60.0 Å². The number of benzene rings is 2. The first-order chi connectivity index (χ1) is 8.84. The largest absolute Gasteiger partial charge is 0.315 e. The first-order valence-corrected chi connectivity index (χ1v) is 6.79. The Morgan fingerprint density at radius 1 is 1.16 bits per heavy atom. The van der Waals surface area contributed by atoms with Crippen LogP contribution in [0.4, 0.5) is 0 Å². The minimum Gasteiger partial charge on any atom is -0.315 e. The standard InChI is InChI=1S/C16H20N2.ClH/c1-12(18-14-9-10-17-11-14)15-8-4-6-13-5-2-3-7-16(13)15;/h2-8,12,14,17-18H,9-11H2,1H3;1H/t12-,14+;/m1./s1. The highest BCUT2D eigenvalue weighted by atomic mass is 35.5. The van der Waals surface area contributed by atoms with Gasteiger partial charge in [-0.1, -0.05) is 42.5 Å². The summed E-state index contributed by atoms with van der Waals surface area (Å²) in [6.07, 6.45) is 1.23. The summed E-state index contributed by atoms with van der Waals surface area (Å²) in [5.41, 5.74) is 1.40. The van der Waals surface area contributed by atoms with Gasteiger partial charge in [-0.05, 0) is 36.2 Å². The van der Waals surface area contributed by atoms with Crippen LogP contribution in [0.25, 0.3) is 10.8 Å². The van der Waals surface area contributed by atoms with Crippen molar-refractivity contribution >= 4 is 23.2 Å². The third-order valence-electron chi connectivity index (χ3n) is 3.84. The van der Waals surface area contributed by atoms with Gasteiger partial charge >= 0.3 is 0 Å². The van der Waals surface area contributed by atoms with Crippen LogP contribution >= 0.6 is 12.4 Å². The number of hydrogen-bond donors (Lipinski definition) is 2. The predicted octanol–water partition coefficient (Wildman–Crippen LogP) is 3.27. The van der Waals surface area contributed by atoms with Gasteiger partial charge in [0.05, 0.1) is 0 Å². The van der Waals surface area contributed by atoms with Crippen LogP contribution in [-0.4, -0.2) is 19.1 Å². The second-order valence-electron chi connectivity index (χ2n) is 5.15. The molecule has 3 heteroatoms. The third-order valence-corrected chi connectivity index (χ3v) is 3.84. The number of hydrogen-bond acceptors (Lipinski definition) is 2. The second-order valence-corrected chi connectivity index (χ2v) is 5.15. The molecule has 19 heavy (non-hydrogen) atoms. The van der Waals surface area contributed by atoms with Gasteiger partial charge in [0.1, 0.15) is 0 Å². The fourth-order valence-corrected chi connectivity index (χ4v) is 2.87. The van der Waals surface area contributed by atoms with E-state index in [0.717, 1.165) is 13.1 Å². The van der Waals surface area contributed by atoms with Gasteiger partial charge in [-0.15, -0.1) is 12.4 Å². The van der Waals surface area contributed by atoms with E-state index in [0.29, 0.717) is 12.1 Å². The van der Waals surface area contributed by atoms with E-state index in [1.54, 1.807) is 0 Å². The molecule has 2 atom stereocenters. The molecule has 0 aliphatic carbocycles. The maximum atomic E-state index is 3.72. The summed E-state index contributed by atoms with van der Waals surface area (Å²) in [5.74, 6) is 0. The van der Waals surface area contributed by atoms with Gasteiger partial charge in [-0.3, -0.25) is 0 Å². The van der Waals surface area contributed by atoms with Crippen LogP contribution in [-0.2, 0) is 0 Å². The Bertz CT molecular complexity index is 530. The Kier molecular flexibility index (Phi) is 4.81. The number of rotatable bonds is 3. The minimum absolute atomic E-state index is 0. The third kappa shape index (κ3) is 3.08. The van der Waals surface area contributed by atoms with Crippen LogP contribution in [0, 0.1) is 0 Å². The summed E-state index contributed by atoms with van der Waals surface area (Å²) >= 11 is 0. The first kappa shape index (κ1) is 14.3. The molecular formula is C16H21ClN2. The summed E-state index contributed by atoms with van der Waals surface area (Å²) in [7, 11) is 0. The molecule has 0 spiro atoms. The Labute approximate surface area is 121 Å². The van der Waals surface area contributed by atoms with E-state index >= 15 is 0 Å². The molecule has 1 aliphatic rings. The van der Waals surface area contributed by atoms with E-state index < -0.39 is 0 Å². The molecule has 0 amide bonds. The highest BCUT2D eigenvalue weighted by molar-refractivity contribution is 5.86. The Morgan fingerprint density at radius 2 is 1.95 bits per heavy atom. The molecular weight excluding hydrogens is 256 g/mol. The van der Waals surface area contributed by atoms with Crippen LogP contribution in [0.15, 0.2) is 42.5 Å². The minimum atomic E-state index is 0. The molecule has 2 aromatic rings. The molecule has 1 aliphatic heterocycles. The van der Waals surface area contributed by atoms with E-state index in [1.807, 2.05) is 0 Å². The average Bonchev–Trinajstić information content (AvgIpc) is 2.91. The van der Waals surface area contributed by atoms with Gasteiger partial charge in [0.2, 0.25) is 0 Å². The molecule has 0 bridgehead atoms. The zero-order valence-corrected chi connectivity index (χ0v) is 12.0. The quantitative estimate of drug-likeness (QED) is 0.899. The second kappa shape index (κ2) is 6.38. The lowest BCUT2D eigenvalue weighted by Crippen LogP contribution is -2.33. The molecule has 0 aromatic heterocycles. The number of halogens is 1. The van der Waals surface area contributed by atoms with Gasteiger partial charge < -0.3 is 10.6 Å². The zero-order valence-electron chi connectivity index (χ0n) is 11.2. The highest BCUT2D eigenvalue weighted by Gasteiger charge is 2.17. The predicted molar refractivity (Wildman–Crippen MR) is 84.0 cm³/mol. The summed E-state index contributed by atoms with van der Waals surface area (Å²) in [6.45, 7) is 4.50. The molecule has 0 saturated carbocycles. The first-order valence-electron chi connectivity index (χ1n) is 6.79. The van der Waals surface area contributed by atoms with Gasteiger partial charge in [0.25, 0.3) is 0 Å². The van der Waals surface area contributed by atoms with Crippen LogP contribution in [0.3, 0.4) is 0 Å². The monoisotopic (exact) mass is 276 g/mol. The van der Waals surface area contributed by atoms with E-state index in [4.69, 9.17) is 0 Å². The van der Waals surface area contributed by atoms with Crippen molar-refractivity contribution in [2.45, 2.75) is 25.4 Å². The lowest BCUT2D eigenvalue weighted by Gasteiger charge is -2.20. The fraction of sp³-hybridized carbons (Fsp3) is 0.375. The van der Waals surface area contributed by atoms with E-state index in [1.165, 1.54) is 22.8 Å². The maximum absolute atomic E-state index is 3.72. The summed E-state index contributed by atoms with van der Waals surface area (Å²) in [6, 6.07) is 16.2. The Hall–Kier alpha value is -1.09. The van der Waals surface area contributed by atoms with E-state index in [9.17, 15) is 0 Å². The fourth-order valence-electron chi connectivity index (χ4n) is 2.87. The van der Waals surface area contributed by atoms with Gasteiger partial charge in [0, 0.05) is 18.6 Å². The zero-order chi connectivity index (χ0) is 12.4. The normalized spacial score (nSPS) is 20.2. The molecule has 1 saturated heterocycles. The highest BCUT2D eigenvalue weighted by Crippen LogP contribution is 2.24. The molecule has 2 nitrogen and oxygen atoms in total. The molecule has 0 radical (unpaired) electrons. The van der Waals surface area contributed by atoms with Crippen molar-refractivity contribution in [1.29, 1.82) is 0 Å². The molecule has 1 heterocycles. The van der Waals surface area contributed by atoms with E-state index in [-0.39, 0.29) is 12.4 Å². The molecule has 0 unspecified atom stereocenters. The topological polar surface area (TPSA) is 24.1 Å². The lowest BCUT2D eigenvalue weighted by molar-refractivity contribution is 0.480. The van der Waals surface area contributed by atoms with Crippen molar-refractivity contribution < 1.29 is 0 Å². The van der Waals surface area contributed by atoms with Crippen LogP contribution in [0.5, 0.6) is 0 Å². The molecule has 3 rings (SSSR count).